The van der Waals surface area contributed by atoms with E-state index in [4.69, 9.17) is 14.4 Å². The number of hydrogen-bond donors (Lipinski definition) is 0. The van der Waals surface area contributed by atoms with Gasteiger partial charge in [0.2, 0.25) is 5.89 Å². The maximum Gasteiger partial charge on any atom is 0.339 e. The highest BCUT2D eigenvalue weighted by atomic mass is 32.2. The van der Waals surface area contributed by atoms with E-state index in [1.807, 2.05) is 24.3 Å². The van der Waals surface area contributed by atoms with Gasteiger partial charge < -0.3 is 9.15 Å². The van der Waals surface area contributed by atoms with E-state index in [0.717, 1.165) is 10.5 Å². The average Bonchev–Trinajstić information content (AvgIpc) is 3.35. The molecule has 0 amide bonds. The van der Waals surface area contributed by atoms with Crippen molar-refractivity contribution in [1.29, 1.82) is 5.26 Å². The Balaban J connectivity index is 1.38. The van der Waals surface area contributed by atoms with Gasteiger partial charge in [-0.1, -0.05) is 24.3 Å². The van der Waals surface area contributed by atoms with Gasteiger partial charge in [-0.3, -0.25) is 10.1 Å². The Kier molecular flexibility index (Phi) is 6.95. The van der Waals surface area contributed by atoms with E-state index < -0.39 is 10.9 Å². The third kappa shape index (κ3) is 5.46. The highest BCUT2D eigenvalue weighted by molar-refractivity contribution is 7.98. The number of ether oxygens (including phenoxy) is 1. The number of nitriles is 1. The summed E-state index contributed by atoms with van der Waals surface area (Å²) >= 11 is 1.49. The van der Waals surface area contributed by atoms with Crippen molar-refractivity contribution in [2.75, 3.05) is 0 Å². The topological polar surface area (TPSA) is 132 Å². The summed E-state index contributed by atoms with van der Waals surface area (Å²) in [6, 6.07) is 22.1. The fourth-order valence-corrected chi connectivity index (χ4v) is 3.95. The second-order valence-electron chi connectivity index (χ2n) is 6.97. The van der Waals surface area contributed by atoms with Crippen LogP contribution < -0.4 is 0 Å². The molecule has 9 nitrogen and oxygen atoms in total. The number of hydrogen-bond acceptors (Lipinski definition) is 9. The van der Waals surface area contributed by atoms with Crippen molar-refractivity contribution in [2.45, 2.75) is 17.3 Å². The van der Waals surface area contributed by atoms with Crippen LogP contribution >= 0.6 is 11.8 Å². The molecule has 0 saturated heterocycles. The number of carbonyl (C=O) groups excluding carboxylic acids is 1. The molecule has 0 atom stereocenters. The van der Waals surface area contributed by atoms with Crippen LogP contribution in [0.5, 0.6) is 0 Å². The maximum atomic E-state index is 12.7. The van der Waals surface area contributed by atoms with Crippen LogP contribution in [-0.4, -0.2) is 21.1 Å². The molecule has 0 spiro atoms. The molecule has 1 heterocycles. The number of rotatable bonds is 8. The van der Waals surface area contributed by atoms with Crippen LogP contribution in [0.25, 0.3) is 11.5 Å². The largest absolute Gasteiger partial charge is 0.452 e. The Morgan fingerprint density at radius 2 is 1.79 bits per heavy atom. The van der Waals surface area contributed by atoms with Gasteiger partial charge >= 0.3 is 5.97 Å². The Morgan fingerprint density at radius 1 is 1.06 bits per heavy atom. The fraction of sp³-hybridized carbons (Fsp3) is 0.0833. The predicted molar refractivity (Wildman–Crippen MR) is 123 cm³/mol. The van der Waals surface area contributed by atoms with Gasteiger partial charge in [0, 0.05) is 28.3 Å². The van der Waals surface area contributed by atoms with Gasteiger partial charge in [0.1, 0.15) is 0 Å². The summed E-state index contributed by atoms with van der Waals surface area (Å²) in [5.41, 5.74) is 2.50. The van der Waals surface area contributed by atoms with Gasteiger partial charge in [0.05, 0.1) is 22.1 Å². The van der Waals surface area contributed by atoms with Gasteiger partial charge in [-0.15, -0.1) is 22.0 Å². The third-order valence-electron chi connectivity index (χ3n) is 4.70. The highest BCUT2D eigenvalue weighted by Gasteiger charge is 2.16. The van der Waals surface area contributed by atoms with E-state index in [-0.39, 0.29) is 24.1 Å². The van der Waals surface area contributed by atoms with Crippen molar-refractivity contribution in [1.82, 2.24) is 10.2 Å². The van der Waals surface area contributed by atoms with Crippen molar-refractivity contribution < 1.29 is 18.9 Å². The van der Waals surface area contributed by atoms with Gasteiger partial charge in [0.25, 0.3) is 11.6 Å². The van der Waals surface area contributed by atoms with Crippen LogP contribution in [0.4, 0.5) is 5.69 Å². The van der Waals surface area contributed by atoms with E-state index in [1.165, 1.54) is 36.0 Å². The molecule has 0 N–H and O–H groups in total. The number of carbonyl (C=O) groups is 1. The summed E-state index contributed by atoms with van der Waals surface area (Å²) in [6.07, 6.45) is 0. The zero-order valence-corrected chi connectivity index (χ0v) is 18.4. The smallest absolute Gasteiger partial charge is 0.339 e. The molecule has 0 fully saturated rings. The molecule has 0 radical (unpaired) electrons. The minimum absolute atomic E-state index is 0.0480. The SMILES string of the molecule is N#Cc1ccc(CSc2ccccc2C(=O)OCc2nnc(-c3ccc([N+](=O)[O-])cc3)o2)cc1. The van der Waals surface area contributed by atoms with Gasteiger partial charge in [-0.2, -0.15) is 5.26 Å². The molecule has 0 unspecified atom stereocenters. The molecule has 0 aliphatic carbocycles. The van der Waals surface area contributed by atoms with Crippen LogP contribution in [0.1, 0.15) is 27.4 Å². The fourth-order valence-electron chi connectivity index (χ4n) is 2.96. The number of nitro groups is 1. The Labute approximate surface area is 198 Å². The normalized spacial score (nSPS) is 10.4. The van der Waals surface area contributed by atoms with E-state index in [0.29, 0.717) is 22.4 Å². The molecule has 0 aliphatic heterocycles. The highest BCUT2D eigenvalue weighted by Crippen LogP contribution is 2.27. The van der Waals surface area contributed by atoms with E-state index in [2.05, 4.69) is 16.3 Å². The zero-order valence-electron chi connectivity index (χ0n) is 17.6. The number of nitro benzene ring substituents is 1. The standard InChI is InChI=1S/C24H16N4O5S/c25-13-16-5-7-17(8-6-16)15-34-21-4-2-1-3-20(21)24(29)32-14-22-26-27-23(33-22)18-9-11-19(12-10-18)28(30)31/h1-12H,14-15H2. The summed E-state index contributed by atoms with van der Waals surface area (Å²) in [7, 11) is 0. The minimum Gasteiger partial charge on any atom is -0.452 e. The van der Waals surface area contributed by atoms with Gasteiger partial charge in [-0.05, 0) is 42.0 Å². The molecule has 0 saturated carbocycles. The Hall–Kier alpha value is -4.49. The number of non-ortho nitro benzene ring substituents is 1. The van der Waals surface area contributed by atoms with E-state index in [9.17, 15) is 14.9 Å². The second kappa shape index (κ2) is 10.4. The molecule has 0 aliphatic rings. The second-order valence-corrected chi connectivity index (χ2v) is 7.99. The van der Waals surface area contributed by atoms with Crippen LogP contribution in [0.3, 0.4) is 0 Å². The van der Waals surface area contributed by atoms with E-state index >= 15 is 0 Å². The minimum atomic E-state index is -0.530. The first-order valence-electron chi connectivity index (χ1n) is 9.98. The molecule has 4 aromatic rings. The molecule has 34 heavy (non-hydrogen) atoms. The predicted octanol–water partition coefficient (Wildman–Crippen LogP) is 5.17. The summed E-state index contributed by atoms with van der Waals surface area (Å²) in [5.74, 6) is 0.361. The lowest BCUT2D eigenvalue weighted by molar-refractivity contribution is -0.384. The van der Waals surface area contributed by atoms with Crippen molar-refractivity contribution in [3.63, 3.8) is 0 Å². The summed E-state index contributed by atoms with van der Waals surface area (Å²) < 4.78 is 10.9. The average molecular weight is 472 g/mol. The van der Waals surface area contributed by atoms with Crippen molar-refractivity contribution in [3.8, 4) is 17.5 Å². The molecule has 4 rings (SSSR count). The molecular formula is C24H16N4O5S. The monoisotopic (exact) mass is 472 g/mol. The first kappa shape index (κ1) is 22.7. The number of esters is 1. The summed E-state index contributed by atoms with van der Waals surface area (Å²) in [4.78, 5) is 23.7. The van der Waals surface area contributed by atoms with Crippen LogP contribution in [0.2, 0.25) is 0 Å². The quantitative estimate of drug-likeness (QED) is 0.147. The molecule has 0 bridgehead atoms. The number of benzene rings is 3. The van der Waals surface area contributed by atoms with Crippen molar-refractivity contribution >= 4 is 23.4 Å². The Morgan fingerprint density at radius 3 is 2.50 bits per heavy atom. The lowest BCUT2D eigenvalue weighted by Gasteiger charge is -2.08. The molecule has 10 heteroatoms. The maximum absolute atomic E-state index is 12.7. The number of nitrogens with zero attached hydrogens (tertiary/aromatic N) is 4. The van der Waals surface area contributed by atoms with E-state index in [1.54, 1.807) is 24.3 Å². The lowest BCUT2D eigenvalue weighted by Crippen LogP contribution is -2.07. The first-order valence-corrected chi connectivity index (χ1v) is 11.0. The molecule has 3 aromatic carbocycles. The van der Waals surface area contributed by atoms with Gasteiger partial charge in [-0.25, -0.2) is 4.79 Å². The zero-order chi connectivity index (χ0) is 23.9. The van der Waals surface area contributed by atoms with Gasteiger partial charge in [0.15, 0.2) is 6.61 Å². The van der Waals surface area contributed by atoms with Crippen molar-refractivity contribution in [3.05, 3.63) is 105 Å². The summed E-state index contributed by atoms with van der Waals surface area (Å²) in [5, 5.41) is 27.5. The summed E-state index contributed by atoms with van der Waals surface area (Å²) in [6.45, 7) is -0.215. The van der Waals surface area contributed by atoms with Crippen LogP contribution in [0, 0.1) is 21.4 Å². The van der Waals surface area contributed by atoms with Crippen molar-refractivity contribution in [2.24, 2.45) is 0 Å². The third-order valence-corrected chi connectivity index (χ3v) is 5.85. The Bertz CT molecular complexity index is 1360. The molecular weight excluding hydrogens is 456 g/mol. The van der Waals surface area contributed by atoms with Crippen LogP contribution in [0.15, 0.2) is 82.1 Å². The lowest BCUT2D eigenvalue weighted by atomic mass is 10.2. The first-order chi connectivity index (χ1) is 16.5. The number of thioether (sulfide) groups is 1. The molecule has 168 valence electrons. The molecule has 1 aromatic heterocycles. The van der Waals surface area contributed by atoms with Crippen LogP contribution in [-0.2, 0) is 17.1 Å². The number of aromatic nitrogens is 2.